The summed E-state index contributed by atoms with van der Waals surface area (Å²) in [7, 11) is 11.0. The molecule has 0 aromatic carbocycles. The highest BCUT2D eigenvalue weighted by molar-refractivity contribution is 4.90. The van der Waals surface area contributed by atoms with E-state index in [1.54, 1.807) is 4.90 Å². The SMILES string of the molecule is CC(C)N1CCN(C(C)(C)C)CC1.CC(C)N1CCN(C(C)C)C(C)C1.CC(C)N1CCN(C(C)C)CC1.CC(C)N1CCN(C)CC1.CC(C)N1CCN(C)C[C@@H]1C.CC(C)N1CCN(C)C[C@@H]1C.CC(C)N1CCN(C)C[C@H]1C.CC(C)N1CCNCC1.CCN1CCN(C(C)C)CC1.CCN1[C@H](C)CN(C(C)C)C[C@@H]1C.CC[C@H]1CN(C)CCN1C(C)C.[2H]C([2H])([2H])N1CCN(C(C)C)CC1. The molecule has 1 N–H and O–H groups in total. The van der Waals surface area contributed by atoms with Crippen LogP contribution in [0.1, 0.15) is 287 Å². The Hall–Kier alpha value is -0.960. The minimum absolute atomic E-state index is 0.350. The zero-order valence-electron chi connectivity index (χ0n) is 103. The normalized spacial score (nSPS) is 26.9. The van der Waals surface area contributed by atoms with E-state index in [0.29, 0.717) is 73.0 Å². The van der Waals surface area contributed by atoms with Gasteiger partial charge in [0.1, 0.15) is 0 Å². The fourth-order valence-electron chi connectivity index (χ4n) is 21.6. The molecule has 12 heterocycles. The molecule has 24 heteroatoms. The number of hydrogen-bond acceptors (Lipinski definition) is 24. The van der Waals surface area contributed by atoms with E-state index < -0.39 is 6.98 Å². The first-order valence-electron chi connectivity index (χ1n) is 58.3. The molecule has 12 fully saturated rings. The molecule has 0 saturated carbocycles. The largest absolute Gasteiger partial charge is 0.314 e. The van der Waals surface area contributed by atoms with Crippen molar-refractivity contribution in [2.75, 3.05) is 324 Å². The molecule has 12 saturated heterocycles. The molecule has 136 heavy (non-hydrogen) atoms. The van der Waals surface area contributed by atoms with Crippen LogP contribution >= 0.6 is 0 Å². The topological polar surface area (TPSA) is 86.5 Å². The highest BCUT2D eigenvalue weighted by atomic mass is 15.4. The molecule has 24 nitrogen and oxygen atoms in total. The summed E-state index contributed by atoms with van der Waals surface area (Å²) in [5.74, 6) is 0. The third-order valence-electron chi connectivity index (χ3n) is 31.4. The van der Waals surface area contributed by atoms with Crippen molar-refractivity contribution < 1.29 is 4.11 Å². The first kappa shape index (κ1) is 127. The van der Waals surface area contributed by atoms with Gasteiger partial charge in [0.2, 0.25) is 0 Å². The number of hydrogen-bond donors (Lipinski definition) is 1. The molecule has 12 rings (SSSR count). The number of rotatable bonds is 17. The maximum absolute atomic E-state index is 7.24. The molecule has 0 aromatic rings. The molecular formula is C112H248N24. The van der Waals surface area contributed by atoms with Gasteiger partial charge in [0.05, 0.1) is 0 Å². The van der Waals surface area contributed by atoms with Gasteiger partial charge in [-0.1, -0.05) is 20.8 Å². The van der Waals surface area contributed by atoms with Crippen LogP contribution < -0.4 is 5.32 Å². The Morgan fingerprint density at radius 3 is 0.721 bits per heavy atom. The molecule has 7 atom stereocenters. The van der Waals surface area contributed by atoms with Gasteiger partial charge in [-0.2, -0.15) is 0 Å². The molecule has 0 spiro atoms. The molecule has 12 aliphatic heterocycles. The Kier molecular flexibility index (Phi) is 67.0. The van der Waals surface area contributed by atoms with Crippen LogP contribution in [0.4, 0.5) is 0 Å². The second-order valence-electron chi connectivity index (χ2n) is 47.9. The lowest BCUT2D eigenvalue weighted by Gasteiger charge is -2.45. The van der Waals surface area contributed by atoms with E-state index in [1.807, 2.05) is 0 Å². The van der Waals surface area contributed by atoms with Crippen molar-refractivity contribution in [3.05, 3.63) is 0 Å². The van der Waals surface area contributed by atoms with E-state index in [2.05, 4.69) is 425 Å². The summed E-state index contributed by atoms with van der Waals surface area (Å²) in [4.78, 5) is 56.9. The van der Waals surface area contributed by atoms with Crippen molar-refractivity contribution in [1.29, 1.82) is 0 Å². The lowest BCUT2D eigenvalue weighted by Crippen LogP contribution is -2.57. The molecule has 0 bridgehead atoms. The number of nitrogens with one attached hydrogen (secondary N) is 1. The van der Waals surface area contributed by atoms with E-state index >= 15 is 0 Å². The first-order valence-corrected chi connectivity index (χ1v) is 56.8. The summed E-state index contributed by atoms with van der Waals surface area (Å²) in [6.07, 6.45) is 1.28. The van der Waals surface area contributed by atoms with Gasteiger partial charge in [0.15, 0.2) is 0 Å². The summed E-state index contributed by atoms with van der Waals surface area (Å²) in [5.41, 5.74) is 0.350. The van der Waals surface area contributed by atoms with Crippen LogP contribution in [0.25, 0.3) is 0 Å². The second kappa shape index (κ2) is 71.6. The minimum atomic E-state index is -1.90. The van der Waals surface area contributed by atoms with Crippen LogP contribution in [0, 0.1) is 0 Å². The Labute approximate surface area is 856 Å². The third kappa shape index (κ3) is 54.6. The van der Waals surface area contributed by atoms with Crippen LogP contribution in [0.2, 0.25) is 0 Å². The van der Waals surface area contributed by atoms with Crippen LogP contribution in [-0.4, -0.2) is 569 Å². The summed E-state index contributed by atoms with van der Waals surface area (Å²) in [6, 6.07) is 14.9. The fraction of sp³-hybridized carbons (Fsp3) is 1.00. The lowest BCUT2D eigenvalue weighted by molar-refractivity contribution is 0.0276. The van der Waals surface area contributed by atoms with Crippen LogP contribution in [0.3, 0.4) is 0 Å². The van der Waals surface area contributed by atoms with Crippen molar-refractivity contribution in [2.45, 2.75) is 416 Å². The second-order valence-corrected chi connectivity index (χ2v) is 47.9. The maximum atomic E-state index is 7.24. The molecule has 12 aliphatic rings. The minimum Gasteiger partial charge on any atom is -0.314 e. The number of likely N-dealkylation sites (N-methyl/N-ethyl adjacent to an activating group) is 8. The van der Waals surface area contributed by atoms with Gasteiger partial charge in [-0.25, -0.2) is 0 Å². The van der Waals surface area contributed by atoms with Crippen LogP contribution in [0.15, 0.2) is 0 Å². The zero-order chi connectivity index (χ0) is 106. The quantitative estimate of drug-likeness (QED) is 0.150. The van der Waals surface area contributed by atoms with E-state index in [9.17, 15) is 0 Å². The first-order chi connectivity index (χ1) is 64.7. The summed E-state index contributed by atoms with van der Waals surface area (Å²) in [5, 5.41) is 3.33. The van der Waals surface area contributed by atoms with E-state index in [-0.39, 0.29) is 0 Å². The van der Waals surface area contributed by atoms with Gasteiger partial charge < -0.3 is 39.6 Å². The predicted molar refractivity (Wildman–Crippen MR) is 604 cm³/mol. The monoisotopic (exact) mass is 1930 g/mol. The van der Waals surface area contributed by atoms with Gasteiger partial charge in [-0.05, 0) is 318 Å². The van der Waals surface area contributed by atoms with Gasteiger partial charge in [0, 0.05) is 405 Å². The Morgan fingerprint density at radius 1 is 0.235 bits per heavy atom. The molecular weight excluding hydrogens is 1680 g/mol. The third-order valence-corrected chi connectivity index (χ3v) is 31.4. The van der Waals surface area contributed by atoms with Gasteiger partial charge in [-0.3, -0.25) is 78.4 Å². The van der Waals surface area contributed by atoms with Crippen molar-refractivity contribution in [3.63, 3.8) is 0 Å². The molecule has 816 valence electrons. The van der Waals surface area contributed by atoms with E-state index in [0.717, 1.165) is 98.7 Å². The summed E-state index contributed by atoms with van der Waals surface area (Å²) < 4.78 is 21.7. The van der Waals surface area contributed by atoms with Gasteiger partial charge >= 0.3 is 0 Å². The molecule has 0 aliphatic carbocycles. The average Bonchev–Trinajstić information content (AvgIpc) is 0.867. The van der Waals surface area contributed by atoms with Crippen LogP contribution in [0.5, 0.6) is 0 Å². The van der Waals surface area contributed by atoms with Crippen molar-refractivity contribution in [1.82, 2.24) is 118 Å². The van der Waals surface area contributed by atoms with E-state index in [4.69, 9.17) is 4.11 Å². The molecule has 0 amide bonds. The lowest BCUT2D eigenvalue weighted by atomic mass is 10.0. The standard InChI is InChI=1S/3C11H24N2.2C10H22N2.4C9H20N2.2C8H18N2.C7H16N2/c1-10(2)12-6-8-13(9-7-12)11(3,4)5;1-9(2)12-6-7-13(10(3)4)11(5)8-12;1-6-13-10(4)7-12(9(2)3)8-11(13)5;1-9(2)11-5-7-12(8-6-11)10(3)4;1-5-10-8-11(4)6-7-12(10)9(2)3;3*1-8(2)11-6-5-10(4)7-9(11)3;1-4-10-5-7-11(8-6-10)9(2)3;2*1-8(2)10-6-4-9(3)5-7-10;1-7(2)9-5-3-8-4-6-9/h10H,6-9H2,1-5H3;2*9-11H,6-8H2,1-5H3;2*9-10H,5-8H2,1-4H3;3*8-9H,5-7H2,1-4H3;9H,4-8H2,1-3H3;2*8H,4-7H2,1-3H3;7-8H,3-6H2,1-2H3/t;;10-,11+;;10-;3*9-;;;;/m....0100..../s1/i;;;;;;;;;3D3;;. The summed E-state index contributed by atoms with van der Waals surface area (Å²) in [6.45, 7) is 140. The fourth-order valence-corrected chi connectivity index (χ4v) is 21.6. The smallest absolute Gasteiger partial charge is 0.0394 e. The summed E-state index contributed by atoms with van der Waals surface area (Å²) >= 11 is 0. The van der Waals surface area contributed by atoms with Gasteiger partial charge in [-0.15, -0.1) is 0 Å². The Bertz CT molecular complexity index is 2730. The highest BCUT2D eigenvalue weighted by Gasteiger charge is 2.34. The van der Waals surface area contributed by atoms with Crippen molar-refractivity contribution >= 4 is 0 Å². The van der Waals surface area contributed by atoms with Gasteiger partial charge in [0.25, 0.3) is 0 Å². The average molecular weight is 1930 g/mol. The Balaban J connectivity index is 0.000000759. The number of piperazine rings is 12. The zero-order valence-corrected chi connectivity index (χ0v) is 100. The molecule has 1 unspecified atom stereocenters. The number of nitrogens with zero attached hydrogens (tertiary/aromatic N) is 23. The highest BCUT2D eigenvalue weighted by Crippen LogP contribution is 2.22. The predicted octanol–water partition coefficient (Wildman–Crippen LogP) is 14.0. The molecule has 0 radical (unpaired) electrons. The van der Waals surface area contributed by atoms with Crippen molar-refractivity contribution in [2.24, 2.45) is 0 Å². The Morgan fingerprint density at radius 2 is 0.471 bits per heavy atom. The van der Waals surface area contributed by atoms with Crippen molar-refractivity contribution in [3.8, 4) is 0 Å². The van der Waals surface area contributed by atoms with E-state index in [1.165, 1.54) is 249 Å². The van der Waals surface area contributed by atoms with Crippen LogP contribution in [-0.2, 0) is 0 Å². The maximum Gasteiger partial charge on any atom is 0.0394 e. The molecule has 0 aromatic heterocycles.